The minimum atomic E-state index is 0.421. The van der Waals surface area contributed by atoms with Crippen molar-refractivity contribution >= 4 is 39.0 Å². The predicted octanol–water partition coefficient (Wildman–Crippen LogP) is 3.32. The molecule has 0 bridgehead atoms. The van der Waals surface area contributed by atoms with Gasteiger partial charge in [0.25, 0.3) is 0 Å². The van der Waals surface area contributed by atoms with Gasteiger partial charge in [-0.1, -0.05) is 0 Å². The largest absolute Gasteiger partial charge is 0.374 e. The van der Waals surface area contributed by atoms with Crippen molar-refractivity contribution in [2.45, 2.75) is 5.37 Å². The van der Waals surface area contributed by atoms with Crippen molar-refractivity contribution in [3.63, 3.8) is 0 Å². The van der Waals surface area contributed by atoms with Gasteiger partial charge in [0.1, 0.15) is 5.37 Å². The molecule has 1 nitrogen and oxygen atoms in total. The molecule has 58 valence electrons. The van der Waals surface area contributed by atoms with E-state index in [4.69, 9.17) is 0 Å². The van der Waals surface area contributed by atoms with Gasteiger partial charge in [-0.25, -0.2) is 0 Å². The molecule has 4 heteroatoms. The van der Waals surface area contributed by atoms with Crippen molar-refractivity contribution in [1.29, 1.82) is 0 Å². The summed E-state index contributed by atoms with van der Waals surface area (Å²) < 4.78 is 1.20. The van der Waals surface area contributed by atoms with E-state index in [2.05, 4.69) is 38.1 Å². The van der Waals surface area contributed by atoms with Crippen LogP contribution in [0.3, 0.4) is 0 Å². The molecule has 2 rings (SSSR count). The third-order valence-corrected chi connectivity index (χ3v) is 4.44. The Hall–Kier alpha value is 0.0700. The molecule has 1 aliphatic rings. The SMILES string of the molecule is Brc1ccsc1C1NC=CS1. The second-order valence-electron chi connectivity index (χ2n) is 2.12. The highest BCUT2D eigenvalue weighted by molar-refractivity contribution is 9.10. The first-order valence-electron chi connectivity index (χ1n) is 3.17. The molecule has 0 radical (unpaired) electrons. The summed E-state index contributed by atoms with van der Waals surface area (Å²) in [6.45, 7) is 0. The summed E-state index contributed by atoms with van der Waals surface area (Å²) in [5, 5.41) is 7.86. The lowest BCUT2D eigenvalue weighted by atomic mass is 10.4. The predicted molar refractivity (Wildman–Crippen MR) is 54.6 cm³/mol. The Balaban J connectivity index is 2.22. The molecule has 1 N–H and O–H groups in total. The summed E-state index contributed by atoms with van der Waals surface area (Å²) in [5.74, 6) is 0. The van der Waals surface area contributed by atoms with E-state index in [-0.39, 0.29) is 0 Å². The maximum atomic E-state index is 3.51. The van der Waals surface area contributed by atoms with Crippen LogP contribution in [0.2, 0.25) is 0 Å². The Bertz CT molecular complexity index is 274. The fourth-order valence-corrected chi connectivity index (χ4v) is 3.66. The van der Waals surface area contributed by atoms with Crippen LogP contribution in [0.5, 0.6) is 0 Å². The molecule has 0 aromatic carbocycles. The Morgan fingerprint density at radius 2 is 2.45 bits per heavy atom. The lowest BCUT2D eigenvalue weighted by Gasteiger charge is -2.07. The van der Waals surface area contributed by atoms with Crippen LogP contribution in [0.1, 0.15) is 10.3 Å². The van der Waals surface area contributed by atoms with Gasteiger partial charge in [-0.15, -0.1) is 23.1 Å². The Kier molecular flexibility index (Phi) is 2.25. The minimum absolute atomic E-state index is 0.421. The van der Waals surface area contributed by atoms with Crippen LogP contribution in [0.25, 0.3) is 0 Å². The molecule has 0 amide bonds. The van der Waals surface area contributed by atoms with Crippen molar-refractivity contribution in [2.24, 2.45) is 0 Å². The third-order valence-electron chi connectivity index (χ3n) is 1.41. The van der Waals surface area contributed by atoms with Gasteiger partial charge < -0.3 is 5.32 Å². The van der Waals surface area contributed by atoms with E-state index < -0.39 is 0 Å². The van der Waals surface area contributed by atoms with Gasteiger partial charge >= 0.3 is 0 Å². The molecular formula is C7H6BrNS2. The molecule has 0 saturated heterocycles. The summed E-state index contributed by atoms with van der Waals surface area (Å²) in [7, 11) is 0. The fourth-order valence-electron chi connectivity index (χ4n) is 0.914. The third kappa shape index (κ3) is 1.48. The summed E-state index contributed by atoms with van der Waals surface area (Å²) >= 11 is 7.09. The van der Waals surface area contributed by atoms with Crippen molar-refractivity contribution < 1.29 is 0 Å². The fraction of sp³-hybridized carbons (Fsp3) is 0.143. The molecule has 1 aromatic rings. The van der Waals surface area contributed by atoms with Crippen molar-refractivity contribution in [1.82, 2.24) is 5.32 Å². The van der Waals surface area contributed by atoms with E-state index in [0.717, 1.165) is 0 Å². The monoisotopic (exact) mass is 247 g/mol. The van der Waals surface area contributed by atoms with Gasteiger partial charge in [0, 0.05) is 10.7 Å². The minimum Gasteiger partial charge on any atom is -0.374 e. The van der Waals surface area contributed by atoms with E-state index in [9.17, 15) is 0 Å². The first-order valence-corrected chi connectivity index (χ1v) is 5.79. The Morgan fingerprint density at radius 1 is 1.55 bits per heavy atom. The average Bonchev–Trinajstić information content (AvgIpc) is 2.55. The van der Waals surface area contributed by atoms with Crippen LogP contribution >= 0.6 is 39.0 Å². The number of thiophene rings is 1. The zero-order valence-corrected chi connectivity index (χ0v) is 8.80. The number of nitrogens with one attached hydrogen (secondary N) is 1. The van der Waals surface area contributed by atoms with Crippen molar-refractivity contribution in [2.75, 3.05) is 0 Å². The average molecular weight is 248 g/mol. The molecule has 0 fully saturated rings. The van der Waals surface area contributed by atoms with Gasteiger partial charge in [-0.2, -0.15) is 0 Å². The molecular weight excluding hydrogens is 242 g/mol. The first-order chi connectivity index (χ1) is 5.38. The lowest BCUT2D eigenvalue weighted by Crippen LogP contribution is -2.05. The van der Waals surface area contributed by atoms with Gasteiger partial charge in [0.05, 0.1) is 4.88 Å². The first kappa shape index (κ1) is 7.71. The van der Waals surface area contributed by atoms with Crippen LogP contribution < -0.4 is 5.32 Å². The summed E-state index contributed by atoms with van der Waals surface area (Å²) in [4.78, 5) is 1.36. The Labute approximate surface area is 82.0 Å². The van der Waals surface area contributed by atoms with Gasteiger partial charge in [0.15, 0.2) is 0 Å². The summed E-state index contributed by atoms with van der Waals surface area (Å²) in [5.41, 5.74) is 0. The van der Waals surface area contributed by atoms with E-state index in [1.165, 1.54) is 9.35 Å². The Morgan fingerprint density at radius 3 is 3.00 bits per heavy atom. The highest BCUT2D eigenvalue weighted by Crippen LogP contribution is 2.38. The van der Waals surface area contributed by atoms with Crippen LogP contribution in [0.15, 0.2) is 27.5 Å². The molecule has 1 aliphatic heterocycles. The van der Waals surface area contributed by atoms with E-state index in [0.29, 0.717) is 5.37 Å². The van der Waals surface area contributed by atoms with E-state index in [1.54, 1.807) is 23.1 Å². The highest BCUT2D eigenvalue weighted by Gasteiger charge is 2.16. The molecule has 0 spiro atoms. The van der Waals surface area contributed by atoms with Gasteiger partial charge in [0.2, 0.25) is 0 Å². The lowest BCUT2D eigenvalue weighted by molar-refractivity contribution is 0.876. The molecule has 2 heterocycles. The highest BCUT2D eigenvalue weighted by atomic mass is 79.9. The molecule has 0 saturated carbocycles. The zero-order valence-electron chi connectivity index (χ0n) is 5.58. The van der Waals surface area contributed by atoms with E-state index >= 15 is 0 Å². The topological polar surface area (TPSA) is 12.0 Å². The normalized spacial score (nSPS) is 22.1. The summed E-state index contributed by atoms with van der Waals surface area (Å²) in [6.07, 6.45) is 1.99. The second kappa shape index (κ2) is 3.21. The molecule has 0 aliphatic carbocycles. The van der Waals surface area contributed by atoms with Crippen LogP contribution in [0.4, 0.5) is 0 Å². The maximum Gasteiger partial charge on any atom is 0.112 e. The number of thioether (sulfide) groups is 1. The quantitative estimate of drug-likeness (QED) is 0.818. The molecule has 11 heavy (non-hydrogen) atoms. The van der Waals surface area contributed by atoms with Crippen molar-refractivity contribution in [3.8, 4) is 0 Å². The standard InChI is InChI=1S/C7H6BrNS2/c8-5-1-3-10-6(5)7-9-2-4-11-7/h1-4,7,9H. The van der Waals surface area contributed by atoms with Gasteiger partial charge in [-0.3, -0.25) is 0 Å². The van der Waals surface area contributed by atoms with Crippen LogP contribution in [-0.2, 0) is 0 Å². The maximum absolute atomic E-state index is 3.51. The van der Waals surface area contributed by atoms with Crippen LogP contribution in [0, 0.1) is 0 Å². The zero-order chi connectivity index (χ0) is 7.68. The smallest absolute Gasteiger partial charge is 0.112 e. The second-order valence-corrected chi connectivity index (χ2v) is 4.94. The number of rotatable bonds is 1. The number of halogens is 1. The van der Waals surface area contributed by atoms with Crippen molar-refractivity contribution in [3.05, 3.63) is 32.4 Å². The van der Waals surface area contributed by atoms with E-state index in [1.807, 2.05) is 6.20 Å². The molecule has 1 aromatic heterocycles. The number of hydrogen-bond donors (Lipinski definition) is 1. The number of hydrogen-bond acceptors (Lipinski definition) is 3. The van der Waals surface area contributed by atoms with Crippen LogP contribution in [-0.4, -0.2) is 0 Å². The molecule has 1 unspecified atom stereocenters. The molecule has 1 atom stereocenters. The van der Waals surface area contributed by atoms with Gasteiger partial charge in [-0.05, 0) is 32.8 Å². The summed E-state index contributed by atoms with van der Waals surface area (Å²) in [6, 6.07) is 2.08.